The number of nitrogens with one attached hydrogen (secondary N) is 1. The highest BCUT2D eigenvalue weighted by Crippen LogP contribution is 2.15. The normalized spacial score (nSPS) is 10.9. The highest BCUT2D eigenvalue weighted by molar-refractivity contribution is 5.71. The first-order valence-electron chi connectivity index (χ1n) is 5.64. The zero-order valence-electron chi connectivity index (χ0n) is 10.1. The first-order valence-corrected chi connectivity index (χ1v) is 5.64. The van der Waals surface area contributed by atoms with Crippen LogP contribution in [0.25, 0.3) is 0 Å². The predicted molar refractivity (Wildman–Crippen MR) is 64.6 cm³/mol. The highest BCUT2D eigenvalue weighted by Gasteiger charge is 2.22. The number of carbonyl (C=O) groups excluding carboxylic acids is 1. The zero-order chi connectivity index (χ0) is 12.0. The van der Waals surface area contributed by atoms with E-state index in [0.717, 1.165) is 12.8 Å². The van der Waals surface area contributed by atoms with E-state index in [4.69, 9.17) is 4.74 Å². The van der Waals surface area contributed by atoms with Crippen molar-refractivity contribution in [3.8, 4) is 5.75 Å². The first kappa shape index (κ1) is 12.6. The van der Waals surface area contributed by atoms with E-state index in [9.17, 15) is 4.79 Å². The van der Waals surface area contributed by atoms with Crippen LogP contribution in [0.5, 0.6) is 5.75 Å². The molecule has 3 heteroatoms. The van der Waals surface area contributed by atoms with Crippen molar-refractivity contribution in [3.05, 3.63) is 30.3 Å². The Balaban J connectivity index is 2.54. The Morgan fingerprint density at radius 1 is 1.25 bits per heavy atom. The van der Waals surface area contributed by atoms with Gasteiger partial charge >= 0.3 is 6.09 Å². The Morgan fingerprint density at radius 3 is 2.31 bits per heavy atom. The Hall–Kier alpha value is -1.51. The number of amides is 1. The van der Waals surface area contributed by atoms with Crippen molar-refractivity contribution in [3.63, 3.8) is 0 Å². The van der Waals surface area contributed by atoms with Gasteiger partial charge in [-0.05, 0) is 31.9 Å². The van der Waals surface area contributed by atoms with Gasteiger partial charge < -0.3 is 10.1 Å². The Kier molecular flexibility index (Phi) is 4.35. The van der Waals surface area contributed by atoms with E-state index in [2.05, 4.69) is 5.32 Å². The molecule has 0 aromatic heterocycles. The maximum Gasteiger partial charge on any atom is 0.413 e. The molecule has 0 heterocycles. The number of para-hydroxylation sites is 1. The largest absolute Gasteiger partial charge is 0.413 e. The molecule has 0 atom stereocenters. The minimum atomic E-state index is -0.391. The lowest BCUT2D eigenvalue weighted by Crippen LogP contribution is -2.46. The molecule has 0 aliphatic carbocycles. The van der Waals surface area contributed by atoms with Crippen LogP contribution < -0.4 is 10.1 Å². The van der Waals surface area contributed by atoms with Crippen LogP contribution >= 0.6 is 0 Å². The maximum atomic E-state index is 11.6. The molecule has 0 fully saturated rings. The van der Waals surface area contributed by atoms with Gasteiger partial charge in [0.05, 0.1) is 0 Å². The van der Waals surface area contributed by atoms with Crippen LogP contribution in [-0.2, 0) is 0 Å². The van der Waals surface area contributed by atoms with Crippen LogP contribution in [0.2, 0.25) is 0 Å². The summed E-state index contributed by atoms with van der Waals surface area (Å²) in [6, 6.07) is 9.07. The van der Waals surface area contributed by atoms with Crippen molar-refractivity contribution in [2.75, 3.05) is 0 Å². The molecule has 1 aromatic carbocycles. The number of hydrogen-bond donors (Lipinski definition) is 1. The second-order valence-electron chi connectivity index (χ2n) is 4.10. The standard InChI is InChI=1S/C13H19NO2/c1-4-13(3,5-2)14-12(15)16-11-9-7-6-8-10-11/h6-10H,4-5H2,1-3H3,(H,14,15). The van der Waals surface area contributed by atoms with Gasteiger partial charge in [-0.15, -0.1) is 0 Å². The Labute approximate surface area is 96.8 Å². The van der Waals surface area contributed by atoms with Crippen LogP contribution in [0.4, 0.5) is 4.79 Å². The number of carbonyl (C=O) groups is 1. The van der Waals surface area contributed by atoms with Crippen LogP contribution in [-0.4, -0.2) is 11.6 Å². The molecule has 0 aliphatic rings. The topological polar surface area (TPSA) is 38.3 Å². The third-order valence-corrected chi connectivity index (χ3v) is 2.92. The number of benzene rings is 1. The molecule has 0 aliphatic heterocycles. The molecule has 0 bridgehead atoms. The predicted octanol–water partition coefficient (Wildman–Crippen LogP) is 3.35. The fourth-order valence-corrected chi connectivity index (χ4v) is 1.29. The van der Waals surface area contributed by atoms with Crippen LogP contribution in [0.15, 0.2) is 30.3 Å². The van der Waals surface area contributed by atoms with E-state index in [1.807, 2.05) is 39.0 Å². The van der Waals surface area contributed by atoms with E-state index < -0.39 is 6.09 Å². The molecule has 1 amide bonds. The van der Waals surface area contributed by atoms with E-state index >= 15 is 0 Å². The summed E-state index contributed by atoms with van der Waals surface area (Å²) in [6.45, 7) is 6.11. The van der Waals surface area contributed by atoms with Gasteiger partial charge in [0.15, 0.2) is 0 Å². The molecule has 0 spiro atoms. The van der Waals surface area contributed by atoms with E-state index in [-0.39, 0.29) is 5.54 Å². The summed E-state index contributed by atoms with van der Waals surface area (Å²) >= 11 is 0. The molecule has 1 N–H and O–H groups in total. The molecule has 1 rings (SSSR count). The molecular weight excluding hydrogens is 202 g/mol. The Morgan fingerprint density at radius 2 is 1.81 bits per heavy atom. The Bertz CT molecular complexity index is 331. The van der Waals surface area contributed by atoms with Gasteiger partial charge in [0, 0.05) is 5.54 Å². The number of hydrogen-bond acceptors (Lipinski definition) is 2. The van der Waals surface area contributed by atoms with Crippen molar-refractivity contribution in [2.45, 2.75) is 39.2 Å². The fourth-order valence-electron chi connectivity index (χ4n) is 1.29. The van der Waals surface area contributed by atoms with E-state index in [0.29, 0.717) is 5.75 Å². The minimum absolute atomic E-state index is 0.189. The first-order chi connectivity index (χ1) is 7.59. The molecular formula is C13H19NO2. The van der Waals surface area contributed by atoms with Gasteiger partial charge in [0.2, 0.25) is 0 Å². The molecule has 16 heavy (non-hydrogen) atoms. The zero-order valence-corrected chi connectivity index (χ0v) is 10.1. The summed E-state index contributed by atoms with van der Waals surface area (Å²) in [4.78, 5) is 11.6. The lowest BCUT2D eigenvalue weighted by atomic mass is 9.96. The van der Waals surface area contributed by atoms with Gasteiger partial charge in [-0.3, -0.25) is 0 Å². The third-order valence-electron chi connectivity index (χ3n) is 2.92. The quantitative estimate of drug-likeness (QED) is 0.846. The van der Waals surface area contributed by atoms with Crippen LogP contribution in [0.3, 0.4) is 0 Å². The molecule has 1 aromatic rings. The van der Waals surface area contributed by atoms with Crippen molar-refractivity contribution in [1.29, 1.82) is 0 Å². The molecule has 0 saturated heterocycles. The number of ether oxygens (including phenoxy) is 1. The van der Waals surface area contributed by atoms with E-state index in [1.165, 1.54) is 0 Å². The molecule has 0 unspecified atom stereocenters. The third kappa shape index (κ3) is 3.57. The molecule has 88 valence electrons. The van der Waals surface area contributed by atoms with Gasteiger partial charge in [0.1, 0.15) is 5.75 Å². The monoisotopic (exact) mass is 221 g/mol. The number of rotatable bonds is 4. The van der Waals surface area contributed by atoms with Crippen molar-refractivity contribution in [1.82, 2.24) is 5.32 Å². The summed E-state index contributed by atoms with van der Waals surface area (Å²) in [7, 11) is 0. The van der Waals surface area contributed by atoms with Gasteiger partial charge in [-0.1, -0.05) is 32.0 Å². The van der Waals surface area contributed by atoms with Crippen LogP contribution in [0, 0.1) is 0 Å². The average molecular weight is 221 g/mol. The van der Waals surface area contributed by atoms with Gasteiger partial charge in [-0.25, -0.2) is 4.79 Å². The van der Waals surface area contributed by atoms with Gasteiger partial charge in [0.25, 0.3) is 0 Å². The smallest absolute Gasteiger partial charge is 0.410 e. The summed E-state index contributed by atoms with van der Waals surface area (Å²) in [5.41, 5.74) is -0.189. The lowest BCUT2D eigenvalue weighted by Gasteiger charge is -2.27. The van der Waals surface area contributed by atoms with Crippen molar-refractivity contribution >= 4 is 6.09 Å². The van der Waals surface area contributed by atoms with Crippen molar-refractivity contribution in [2.24, 2.45) is 0 Å². The summed E-state index contributed by atoms with van der Waals surface area (Å²) in [6.07, 6.45) is 1.37. The highest BCUT2D eigenvalue weighted by atomic mass is 16.6. The molecule has 0 radical (unpaired) electrons. The van der Waals surface area contributed by atoms with Gasteiger partial charge in [-0.2, -0.15) is 0 Å². The lowest BCUT2D eigenvalue weighted by molar-refractivity contribution is 0.183. The minimum Gasteiger partial charge on any atom is -0.410 e. The average Bonchev–Trinajstić information content (AvgIpc) is 2.30. The summed E-state index contributed by atoms with van der Waals surface area (Å²) in [5.74, 6) is 0.564. The molecule has 3 nitrogen and oxygen atoms in total. The second kappa shape index (κ2) is 5.54. The van der Waals surface area contributed by atoms with Crippen LogP contribution in [0.1, 0.15) is 33.6 Å². The summed E-state index contributed by atoms with van der Waals surface area (Å²) in [5, 5.41) is 2.88. The summed E-state index contributed by atoms with van der Waals surface area (Å²) < 4.78 is 5.16. The molecule has 0 saturated carbocycles. The van der Waals surface area contributed by atoms with E-state index in [1.54, 1.807) is 12.1 Å². The SMILES string of the molecule is CCC(C)(CC)NC(=O)Oc1ccccc1. The maximum absolute atomic E-state index is 11.6. The fraction of sp³-hybridized carbons (Fsp3) is 0.462. The van der Waals surface area contributed by atoms with Crippen molar-refractivity contribution < 1.29 is 9.53 Å². The second-order valence-corrected chi connectivity index (χ2v) is 4.10.